The van der Waals surface area contributed by atoms with Crippen molar-refractivity contribution in [2.24, 2.45) is 0 Å². The number of benzene rings is 1. The molecule has 1 saturated heterocycles. The Kier molecular flexibility index (Phi) is 18.9. The molecule has 1 N–H and O–H groups in total. The number of nitrogens with zero attached hydrogens (tertiary/aromatic N) is 4. The van der Waals surface area contributed by atoms with Crippen LogP contribution in [0, 0.1) is 0 Å². The van der Waals surface area contributed by atoms with Crippen LogP contribution in [0.25, 0.3) is 0 Å². The number of carbonyl (C=O) groups is 5. The fourth-order valence-corrected chi connectivity index (χ4v) is 6.21. The van der Waals surface area contributed by atoms with E-state index in [2.05, 4.69) is 0 Å². The molecule has 5 atom stereocenters. The second-order valence-electron chi connectivity index (χ2n) is 18.0. The maximum Gasteiger partial charge on any atom is 0.341 e. The highest BCUT2D eigenvalue weighted by Crippen LogP contribution is 2.24. The van der Waals surface area contributed by atoms with Gasteiger partial charge in [0.25, 0.3) is 0 Å². The van der Waals surface area contributed by atoms with Gasteiger partial charge in [-0.1, -0.05) is 12.1 Å². The van der Waals surface area contributed by atoms with Gasteiger partial charge >= 0.3 is 5.97 Å². The van der Waals surface area contributed by atoms with Crippen LogP contribution in [0.4, 0.5) is 0 Å². The first-order valence-corrected chi connectivity index (χ1v) is 19.3. The van der Waals surface area contributed by atoms with E-state index in [0.717, 1.165) is 30.7 Å². The van der Waals surface area contributed by atoms with Crippen molar-refractivity contribution in [3.8, 4) is 5.75 Å². The van der Waals surface area contributed by atoms with E-state index in [4.69, 9.17) is 28.8 Å². The Labute approximate surface area is 333 Å². The molecule has 0 amide bonds. The fraction of sp³-hybridized carbons (Fsp3) is 0.732. The van der Waals surface area contributed by atoms with Crippen molar-refractivity contribution >= 4 is 31.1 Å². The summed E-state index contributed by atoms with van der Waals surface area (Å²) in [5.74, 6) is -0.716. The van der Waals surface area contributed by atoms with E-state index in [0.29, 0.717) is 18.7 Å². The molecule has 2 rings (SSSR count). The number of carbonyl (C=O) groups excluding carboxylic acids is 4. The molecular formula is C41H68N4O11. The van der Waals surface area contributed by atoms with Crippen LogP contribution in [0.5, 0.6) is 5.75 Å². The van der Waals surface area contributed by atoms with Crippen LogP contribution in [-0.2, 0) is 49.3 Å². The highest BCUT2D eigenvalue weighted by atomic mass is 16.5. The Hall–Kier alpha value is -3.15. The summed E-state index contributed by atoms with van der Waals surface area (Å²) in [5.41, 5.74) is -1.91. The average Bonchev–Trinajstić information content (AvgIpc) is 3.07. The zero-order valence-corrected chi connectivity index (χ0v) is 35.7. The van der Waals surface area contributed by atoms with Gasteiger partial charge < -0.3 is 28.8 Å². The van der Waals surface area contributed by atoms with Gasteiger partial charge in [0, 0.05) is 51.9 Å². The zero-order valence-electron chi connectivity index (χ0n) is 35.7. The predicted octanol–water partition coefficient (Wildman–Crippen LogP) is 3.64. The van der Waals surface area contributed by atoms with E-state index >= 15 is 0 Å². The molecular weight excluding hydrogens is 724 g/mol. The summed E-state index contributed by atoms with van der Waals surface area (Å²) in [7, 11) is 0. The molecule has 56 heavy (non-hydrogen) atoms. The molecule has 0 aliphatic carbocycles. The molecule has 0 radical (unpaired) electrons. The molecule has 318 valence electrons. The number of rotatable bonds is 17. The summed E-state index contributed by atoms with van der Waals surface area (Å²) < 4.78 is 30.5. The first-order chi connectivity index (χ1) is 25.9. The molecule has 1 fully saturated rings. The Bertz CT molecular complexity index is 1380. The third-order valence-corrected chi connectivity index (χ3v) is 8.43. The molecule has 15 nitrogen and oxygen atoms in total. The highest BCUT2D eigenvalue weighted by molar-refractivity contribution is 5.68. The number of ether oxygens (including phenoxy) is 5. The number of hydrogen-bond acceptors (Lipinski definition) is 14. The van der Waals surface area contributed by atoms with Crippen molar-refractivity contribution < 1.29 is 52.8 Å². The van der Waals surface area contributed by atoms with Crippen molar-refractivity contribution in [1.29, 1.82) is 0 Å². The lowest BCUT2D eigenvalue weighted by Gasteiger charge is -2.44. The van der Waals surface area contributed by atoms with E-state index in [9.17, 15) is 24.0 Å². The quantitative estimate of drug-likeness (QED) is 0.227. The van der Waals surface area contributed by atoms with Crippen molar-refractivity contribution in [3.63, 3.8) is 0 Å². The summed E-state index contributed by atoms with van der Waals surface area (Å²) >= 11 is 0. The van der Waals surface area contributed by atoms with E-state index in [1.165, 1.54) is 0 Å². The van der Waals surface area contributed by atoms with Gasteiger partial charge in [0.05, 0.1) is 22.4 Å². The average molecular weight is 793 g/mol. The monoisotopic (exact) mass is 792 g/mol. The summed E-state index contributed by atoms with van der Waals surface area (Å²) in [6.07, 6.45) is -0.540. The lowest BCUT2D eigenvalue weighted by atomic mass is 10.0. The van der Waals surface area contributed by atoms with Crippen LogP contribution in [-0.4, -0.2) is 162 Å². The van der Waals surface area contributed by atoms with E-state index in [1.54, 1.807) is 12.1 Å². The lowest BCUT2D eigenvalue weighted by molar-refractivity contribution is -0.177. The predicted molar refractivity (Wildman–Crippen MR) is 211 cm³/mol. The van der Waals surface area contributed by atoms with E-state index < -0.39 is 65.9 Å². The van der Waals surface area contributed by atoms with Gasteiger partial charge in [-0.3, -0.25) is 38.8 Å². The summed E-state index contributed by atoms with van der Waals surface area (Å²) in [6, 6.07) is 6.52. The van der Waals surface area contributed by atoms with Gasteiger partial charge in [0.1, 0.15) is 5.75 Å². The molecule has 0 bridgehead atoms. The van der Waals surface area contributed by atoms with Gasteiger partial charge in [0.15, 0.2) is 56.7 Å². The molecule has 1 aliphatic heterocycles. The molecule has 1 aliphatic rings. The van der Waals surface area contributed by atoms with E-state index in [1.807, 2.05) is 115 Å². The van der Waals surface area contributed by atoms with Gasteiger partial charge in [-0.25, -0.2) is 4.79 Å². The van der Waals surface area contributed by atoms with Crippen LogP contribution in [0.1, 0.15) is 88.6 Å². The van der Waals surface area contributed by atoms with Gasteiger partial charge in [0.2, 0.25) is 0 Å². The topological polar surface area (TPSA) is 165 Å². The van der Waals surface area contributed by atoms with Gasteiger partial charge in [-0.05, 0) is 107 Å². The molecule has 1 aromatic carbocycles. The smallest absolute Gasteiger partial charge is 0.341 e. The molecule has 1 aromatic rings. The van der Waals surface area contributed by atoms with Gasteiger partial charge in [-0.15, -0.1) is 0 Å². The lowest BCUT2D eigenvalue weighted by Crippen LogP contribution is -2.60. The van der Waals surface area contributed by atoms with Crippen molar-refractivity contribution in [3.05, 3.63) is 29.8 Å². The third kappa shape index (κ3) is 18.4. The van der Waals surface area contributed by atoms with Crippen LogP contribution in [0.15, 0.2) is 24.3 Å². The number of aliphatic carboxylic acids is 1. The summed E-state index contributed by atoms with van der Waals surface area (Å²) in [4.78, 5) is 70.0. The second-order valence-corrected chi connectivity index (χ2v) is 18.0. The minimum atomic E-state index is -1.10. The molecule has 15 heteroatoms. The molecule has 0 saturated carbocycles. The SMILES string of the molecule is CC(C)(C)OC(C=O)N1CCN(C(C=O)OC(C)(C)C)CCN(C(C=O)OC(C)(C)C)C(Cc2ccc(OCC(=O)O)cc2)CN(C(C=O)OC(C)(C)C)CC1. The largest absolute Gasteiger partial charge is 0.482 e. The molecule has 5 unspecified atom stereocenters. The Morgan fingerprint density at radius 1 is 0.607 bits per heavy atom. The number of aldehydes is 4. The molecule has 1 heterocycles. The fourth-order valence-electron chi connectivity index (χ4n) is 6.21. The minimum Gasteiger partial charge on any atom is -0.482 e. The number of carboxylic acids is 1. The highest BCUT2D eigenvalue weighted by Gasteiger charge is 2.37. The van der Waals surface area contributed by atoms with Crippen LogP contribution >= 0.6 is 0 Å². The van der Waals surface area contributed by atoms with Crippen LogP contribution < -0.4 is 4.74 Å². The van der Waals surface area contributed by atoms with Crippen molar-refractivity contribution in [2.75, 3.05) is 52.4 Å². The third-order valence-electron chi connectivity index (χ3n) is 8.43. The summed E-state index contributed by atoms with van der Waals surface area (Å²) in [6.45, 7) is 23.7. The first kappa shape index (κ1) is 49.0. The Morgan fingerprint density at radius 2 is 0.964 bits per heavy atom. The number of carboxylic acid groups (broad SMARTS) is 1. The minimum absolute atomic E-state index is 0.212. The van der Waals surface area contributed by atoms with Crippen LogP contribution in [0.2, 0.25) is 0 Å². The maximum atomic E-state index is 13.0. The first-order valence-electron chi connectivity index (χ1n) is 19.3. The second kappa shape index (κ2) is 21.6. The molecule has 0 aromatic heterocycles. The standard InChI is InChI=1S/C41H68N4O11/c1-38(2,3)53-33(25-46)42-17-18-43(34(26-47)54-39(4,5)6)21-22-45(36(28-49)56-41(10,11)12)31(23-30-13-15-32(16-14-30)52-29-37(50)51)24-44(20-19-42)35(27-48)55-40(7,8)9/h13-16,25-28,31,33-36H,17-24,29H2,1-12H3,(H,50,51). The van der Waals surface area contributed by atoms with E-state index in [-0.39, 0.29) is 39.3 Å². The van der Waals surface area contributed by atoms with Crippen molar-refractivity contribution in [1.82, 2.24) is 19.6 Å². The normalized spacial score (nSPS) is 20.5. The number of hydrogen-bond donors (Lipinski definition) is 1. The summed E-state index contributed by atoms with van der Waals surface area (Å²) in [5, 5.41) is 9.09. The van der Waals surface area contributed by atoms with Crippen LogP contribution in [0.3, 0.4) is 0 Å². The van der Waals surface area contributed by atoms with Gasteiger partial charge in [-0.2, -0.15) is 0 Å². The molecule has 0 spiro atoms. The Balaban J connectivity index is 2.83. The van der Waals surface area contributed by atoms with Crippen molar-refractivity contribution in [2.45, 2.75) is 143 Å². The maximum absolute atomic E-state index is 13.0. The zero-order chi connectivity index (χ0) is 42.5. The Morgan fingerprint density at radius 3 is 1.34 bits per heavy atom.